The van der Waals surface area contributed by atoms with E-state index in [1.807, 2.05) is 38.1 Å². The highest BCUT2D eigenvalue weighted by Crippen LogP contribution is 2.24. The van der Waals surface area contributed by atoms with Crippen LogP contribution >= 0.6 is 23.1 Å². The third-order valence-corrected chi connectivity index (χ3v) is 6.34. The van der Waals surface area contributed by atoms with Gasteiger partial charge in [-0.25, -0.2) is 14.8 Å². The van der Waals surface area contributed by atoms with E-state index in [0.717, 1.165) is 26.9 Å². The number of fused-ring (bicyclic) bond motifs is 1. The van der Waals surface area contributed by atoms with Crippen LogP contribution < -0.4 is 5.56 Å². The third kappa shape index (κ3) is 4.60. The standard InChI is InChI=1S/C22H19N3O3S2/c1-13-4-3-5-18-20(13)24-19(25-21(18)26)10-28-22(27)15-6-8-17(9-7-15)30-12-16-11-29-14(2)23-16/h3-9,11H,10,12H2,1-2H3,(H,24,25,26). The molecule has 0 fully saturated rings. The average Bonchev–Trinajstić information content (AvgIpc) is 3.17. The molecule has 2 heterocycles. The average molecular weight is 438 g/mol. The van der Waals surface area contributed by atoms with Crippen molar-refractivity contribution in [2.24, 2.45) is 0 Å². The van der Waals surface area contributed by atoms with Crippen LogP contribution in [0.2, 0.25) is 0 Å². The number of aryl methyl sites for hydroxylation is 2. The van der Waals surface area contributed by atoms with E-state index in [-0.39, 0.29) is 12.2 Å². The Morgan fingerprint density at radius 2 is 1.93 bits per heavy atom. The van der Waals surface area contributed by atoms with Gasteiger partial charge in [-0.3, -0.25) is 4.79 Å². The fourth-order valence-corrected chi connectivity index (χ4v) is 4.47. The van der Waals surface area contributed by atoms with Crippen LogP contribution in [0.4, 0.5) is 0 Å². The molecule has 6 nitrogen and oxygen atoms in total. The van der Waals surface area contributed by atoms with Crippen molar-refractivity contribution in [1.29, 1.82) is 0 Å². The maximum Gasteiger partial charge on any atom is 0.338 e. The van der Waals surface area contributed by atoms with Gasteiger partial charge in [0.25, 0.3) is 5.56 Å². The van der Waals surface area contributed by atoms with E-state index in [0.29, 0.717) is 22.3 Å². The lowest BCUT2D eigenvalue weighted by Gasteiger charge is -2.07. The number of esters is 1. The number of aromatic amines is 1. The van der Waals surface area contributed by atoms with Crippen molar-refractivity contribution in [2.75, 3.05) is 0 Å². The number of para-hydroxylation sites is 1. The van der Waals surface area contributed by atoms with Crippen LogP contribution in [-0.4, -0.2) is 20.9 Å². The number of carbonyl (C=O) groups excluding carboxylic acids is 1. The van der Waals surface area contributed by atoms with Crippen LogP contribution in [0.3, 0.4) is 0 Å². The molecule has 0 amide bonds. The molecule has 0 spiro atoms. The third-order valence-electron chi connectivity index (χ3n) is 4.47. The number of benzene rings is 2. The summed E-state index contributed by atoms with van der Waals surface area (Å²) in [6.45, 7) is 3.78. The number of H-pyrrole nitrogens is 1. The molecule has 0 saturated carbocycles. The molecule has 2 aromatic heterocycles. The number of aromatic nitrogens is 3. The first-order chi connectivity index (χ1) is 14.5. The topological polar surface area (TPSA) is 84.9 Å². The van der Waals surface area contributed by atoms with Crippen LogP contribution in [0.25, 0.3) is 10.9 Å². The highest BCUT2D eigenvalue weighted by atomic mass is 32.2. The number of nitrogens with zero attached hydrogens (tertiary/aromatic N) is 2. The number of thioether (sulfide) groups is 1. The number of ether oxygens (including phenoxy) is 1. The molecule has 0 atom stereocenters. The molecule has 0 aliphatic heterocycles. The van der Waals surface area contributed by atoms with E-state index >= 15 is 0 Å². The molecule has 0 radical (unpaired) electrons. The maximum absolute atomic E-state index is 12.4. The van der Waals surface area contributed by atoms with Gasteiger partial charge in [-0.1, -0.05) is 12.1 Å². The Morgan fingerprint density at radius 1 is 1.13 bits per heavy atom. The molecule has 0 saturated heterocycles. The van der Waals surface area contributed by atoms with Crippen molar-refractivity contribution in [3.05, 3.63) is 85.9 Å². The Morgan fingerprint density at radius 3 is 2.67 bits per heavy atom. The monoisotopic (exact) mass is 437 g/mol. The van der Waals surface area contributed by atoms with E-state index < -0.39 is 5.97 Å². The van der Waals surface area contributed by atoms with Gasteiger partial charge in [-0.15, -0.1) is 23.1 Å². The SMILES string of the molecule is Cc1nc(CSc2ccc(C(=O)OCc3nc4c(C)cccc4c(=O)[nH]3)cc2)cs1. The molecule has 1 N–H and O–H groups in total. The fourth-order valence-electron chi connectivity index (χ4n) is 2.96. The summed E-state index contributed by atoms with van der Waals surface area (Å²) in [6, 6.07) is 12.7. The van der Waals surface area contributed by atoms with Gasteiger partial charge in [-0.05, 0) is 49.7 Å². The summed E-state index contributed by atoms with van der Waals surface area (Å²) in [5, 5.41) is 3.63. The minimum Gasteiger partial charge on any atom is -0.454 e. The molecule has 0 bridgehead atoms. The Kier molecular flexibility index (Phi) is 5.96. The van der Waals surface area contributed by atoms with E-state index in [9.17, 15) is 9.59 Å². The molecule has 30 heavy (non-hydrogen) atoms. The first-order valence-electron chi connectivity index (χ1n) is 9.29. The number of rotatable bonds is 6. The number of nitrogens with one attached hydrogen (secondary N) is 1. The van der Waals surface area contributed by atoms with Gasteiger partial charge in [0.15, 0.2) is 0 Å². The largest absolute Gasteiger partial charge is 0.454 e. The summed E-state index contributed by atoms with van der Waals surface area (Å²) in [4.78, 5) is 37.2. The second-order valence-electron chi connectivity index (χ2n) is 6.73. The smallest absolute Gasteiger partial charge is 0.338 e. The van der Waals surface area contributed by atoms with Gasteiger partial charge in [-0.2, -0.15) is 0 Å². The van der Waals surface area contributed by atoms with Crippen molar-refractivity contribution in [1.82, 2.24) is 15.0 Å². The molecular formula is C22H19N3O3S2. The van der Waals surface area contributed by atoms with Gasteiger partial charge in [0.2, 0.25) is 0 Å². The molecule has 4 rings (SSSR count). The lowest BCUT2D eigenvalue weighted by atomic mass is 10.1. The van der Waals surface area contributed by atoms with Crippen LogP contribution in [0, 0.1) is 13.8 Å². The Labute approximate surface area is 181 Å². The molecule has 4 aromatic rings. The molecule has 0 aliphatic rings. The van der Waals surface area contributed by atoms with Gasteiger partial charge >= 0.3 is 5.97 Å². The second kappa shape index (κ2) is 8.81. The summed E-state index contributed by atoms with van der Waals surface area (Å²) >= 11 is 3.30. The zero-order valence-electron chi connectivity index (χ0n) is 16.5. The Bertz CT molecular complexity index is 1260. The summed E-state index contributed by atoms with van der Waals surface area (Å²) in [7, 11) is 0. The molecule has 0 unspecified atom stereocenters. The highest BCUT2D eigenvalue weighted by Gasteiger charge is 2.11. The second-order valence-corrected chi connectivity index (χ2v) is 8.84. The predicted octanol–water partition coefficient (Wildman–Crippen LogP) is 4.65. The predicted molar refractivity (Wildman–Crippen MR) is 119 cm³/mol. The lowest BCUT2D eigenvalue weighted by molar-refractivity contribution is 0.0462. The van der Waals surface area contributed by atoms with Crippen molar-refractivity contribution >= 4 is 40.0 Å². The first-order valence-corrected chi connectivity index (χ1v) is 11.2. The number of hydrogen-bond acceptors (Lipinski definition) is 7. The van der Waals surface area contributed by atoms with Crippen LogP contribution in [0.1, 0.15) is 32.4 Å². The maximum atomic E-state index is 12.4. The van der Waals surface area contributed by atoms with E-state index in [1.165, 1.54) is 0 Å². The fraction of sp³-hybridized carbons (Fsp3) is 0.182. The lowest BCUT2D eigenvalue weighted by Crippen LogP contribution is -2.15. The molecule has 2 aromatic carbocycles. The molecule has 0 aliphatic carbocycles. The van der Waals surface area contributed by atoms with Gasteiger partial charge in [0, 0.05) is 16.0 Å². The van der Waals surface area contributed by atoms with Gasteiger partial charge < -0.3 is 9.72 Å². The first kappa shape index (κ1) is 20.3. The summed E-state index contributed by atoms with van der Waals surface area (Å²) in [5.41, 5.74) is 2.77. The van der Waals surface area contributed by atoms with Crippen LogP contribution in [0.5, 0.6) is 0 Å². The zero-order valence-corrected chi connectivity index (χ0v) is 18.1. The van der Waals surface area contributed by atoms with Crippen LogP contribution in [-0.2, 0) is 17.1 Å². The summed E-state index contributed by atoms with van der Waals surface area (Å²) in [6.07, 6.45) is 0. The highest BCUT2D eigenvalue weighted by molar-refractivity contribution is 7.98. The molecule has 152 valence electrons. The van der Waals surface area contributed by atoms with Gasteiger partial charge in [0.05, 0.1) is 27.2 Å². The van der Waals surface area contributed by atoms with Crippen molar-refractivity contribution in [3.63, 3.8) is 0 Å². The van der Waals surface area contributed by atoms with E-state index in [4.69, 9.17) is 4.74 Å². The number of thiazole rings is 1. The van der Waals surface area contributed by atoms with Crippen LogP contribution in [0.15, 0.2) is 57.5 Å². The number of carbonyl (C=O) groups is 1. The number of hydrogen-bond donors (Lipinski definition) is 1. The molecule has 8 heteroatoms. The van der Waals surface area contributed by atoms with Gasteiger partial charge in [0.1, 0.15) is 12.4 Å². The quantitative estimate of drug-likeness (QED) is 0.349. The normalized spacial score (nSPS) is 11.0. The van der Waals surface area contributed by atoms with Crippen molar-refractivity contribution in [2.45, 2.75) is 31.1 Å². The minimum atomic E-state index is -0.464. The van der Waals surface area contributed by atoms with E-state index in [1.54, 1.807) is 41.3 Å². The Balaban J connectivity index is 1.39. The summed E-state index contributed by atoms with van der Waals surface area (Å²) < 4.78 is 5.34. The summed E-state index contributed by atoms with van der Waals surface area (Å²) in [5.74, 6) is 0.643. The minimum absolute atomic E-state index is 0.0992. The molecular weight excluding hydrogens is 418 g/mol. The van der Waals surface area contributed by atoms with Crippen molar-refractivity contribution < 1.29 is 9.53 Å². The van der Waals surface area contributed by atoms with E-state index in [2.05, 4.69) is 20.3 Å². The zero-order chi connectivity index (χ0) is 21.1. The van der Waals surface area contributed by atoms with Crippen molar-refractivity contribution in [3.8, 4) is 0 Å². The Hall–Kier alpha value is -2.97.